The molecule has 1 amide bonds. The third kappa shape index (κ3) is 5.83. The van der Waals surface area contributed by atoms with Crippen molar-refractivity contribution < 1.29 is 27.1 Å². The first-order chi connectivity index (χ1) is 15.3. The van der Waals surface area contributed by atoms with E-state index >= 15 is 0 Å². The van der Waals surface area contributed by atoms with Gasteiger partial charge in [0.25, 0.3) is 0 Å². The molecule has 168 valence electrons. The van der Waals surface area contributed by atoms with Crippen molar-refractivity contribution in [2.45, 2.75) is 17.4 Å². The molecule has 0 aromatic heterocycles. The van der Waals surface area contributed by atoms with Crippen molar-refractivity contribution in [3.8, 4) is 11.5 Å². The molecular weight excluding hydrogens is 435 g/mol. The van der Waals surface area contributed by atoms with Gasteiger partial charge in [-0.25, -0.2) is 12.8 Å². The Morgan fingerprint density at radius 1 is 0.938 bits per heavy atom. The average molecular weight is 459 g/mol. The highest BCUT2D eigenvalue weighted by Gasteiger charge is 2.27. The van der Waals surface area contributed by atoms with E-state index in [1.54, 1.807) is 24.3 Å². The van der Waals surface area contributed by atoms with Crippen LogP contribution in [0.15, 0.2) is 77.7 Å². The summed E-state index contributed by atoms with van der Waals surface area (Å²) in [5, 5.41) is 2.63. The third-order valence-electron chi connectivity index (χ3n) is 4.67. The summed E-state index contributed by atoms with van der Waals surface area (Å²) in [6.45, 7) is 0. The van der Waals surface area contributed by atoms with E-state index in [1.807, 2.05) is 6.07 Å². The van der Waals surface area contributed by atoms with Gasteiger partial charge in [0, 0.05) is 11.8 Å². The lowest BCUT2D eigenvalue weighted by atomic mass is 10.1. The van der Waals surface area contributed by atoms with Gasteiger partial charge in [0.05, 0.1) is 19.1 Å². The topological polar surface area (TPSA) is 93.7 Å². The zero-order valence-corrected chi connectivity index (χ0v) is 18.4. The van der Waals surface area contributed by atoms with Crippen LogP contribution in [0.4, 0.5) is 10.1 Å². The normalized spacial score (nSPS) is 12.1. The highest BCUT2D eigenvalue weighted by atomic mass is 32.2. The summed E-state index contributed by atoms with van der Waals surface area (Å²) in [6, 6.07) is 17.2. The molecule has 32 heavy (non-hydrogen) atoms. The lowest BCUT2D eigenvalue weighted by Gasteiger charge is -2.19. The van der Waals surface area contributed by atoms with Crippen LogP contribution in [0.3, 0.4) is 0 Å². The van der Waals surface area contributed by atoms with Crippen LogP contribution in [-0.4, -0.2) is 34.6 Å². The van der Waals surface area contributed by atoms with E-state index in [4.69, 9.17) is 9.47 Å². The van der Waals surface area contributed by atoms with Gasteiger partial charge in [-0.3, -0.25) is 4.79 Å². The number of ether oxygens (including phenoxy) is 2. The van der Waals surface area contributed by atoms with E-state index < -0.39 is 27.8 Å². The molecule has 0 saturated carbocycles. The molecule has 3 aromatic rings. The first kappa shape index (κ1) is 23.2. The van der Waals surface area contributed by atoms with Crippen LogP contribution >= 0.6 is 0 Å². The van der Waals surface area contributed by atoms with Gasteiger partial charge < -0.3 is 14.8 Å². The second kappa shape index (κ2) is 10.3. The minimum Gasteiger partial charge on any atom is -0.493 e. The highest BCUT2D eigenvalue weighted by Crippen LogP contribution is 2.29. The molecule has 0 saturated heterocycles. The minimum absolute atomic E-state index is 0.0807. The number of carbonyl (C=O) groups excluding carboxylic acids is 1. The number of methoxy groups -OCH3 is 2. The molecule has 7 nitrogen and oxygen atoms in total. The number of anilines is 1. The fourth-order valence-electron chi connectivity index (χ4n) is 3.04. The zero-order valence-electron chi connectivity index (χ0n) is 17.5. The van der Waals surface area contributed by atoms with Crippen molar-refractivity contribution in [3.63, 3.8) is 0 Å². The summed E-state index contributed by atoms with van der Waals surface area (Å²) in [7, 11) is -1.24. The van der Waals surface area contributed by atoms with Crippen LogP contribution < -0.4 is 19.5 Å². The van der Waals surface area contributed by atoms with Crippen LogP contribution in [0, 0.1) is 5.82 Å². The quantitative estimate of drug-likeness (QED) is 0.513. The molecule has 9 heteroatoms. The van der Waals surface area contributed by atoms with Crippen molar-refractivity contribution in [3.05, 3.63) is 84.2 Å². The van der Waals surface area contributed by atoms with Crippen molar-refractivity contribution in [2.75, 3.05) is 19.5 Å². The van der Waals surface area contributed by atoms with E-state index in [2.05, 4.69) is 10.0 Å². The maximum absolute atomic E-state index is 13.2. The molecule has 0 fully saturated rings. The second-order valence-corrected chi connectivity index (χ2v) is 8.59. The van der Waals surface area contributed by atoms with Gasteiger partial charge in [-0.05, 0) is 48.4 Å². The number of amides is 1. The van der Waals surface area contributed by atoms with Crippen molar-refractivity contribution in [1.82, 2.24) is 4.72 Å². The molecule has 1 atom stereocenters. The van der Waals surface area contributed by atoms with Crippen molar-refractivity contribution in [1.29, 1.82) is 0 Å². The number of hydrogen-bond acceptors (Lipinski definition) is 5. The Morgan fingerprint density at radius 3 is 2.22 bits per heavy atom. The molecule has 3 aromatic carbocycles. The van der Waals surface area contributed by atoms with Crippen LogP contribution in [0.1, 0.15) is 5.56 Å². The van der Waals surface area contributed by atoms with Crippen molar-refractivity contribution in [2.24, 2.45) is 0 Å². The SMILES string of the molecule is COc1ccc(S(=O)(=O)N[C@@H](Cc2ccccc2)C(=O)Nc2ccc(F)cc2)cc1OC. The summed E-state index contributed by atoms with van der Waals surface area (Å²) in [6.07, 6.45) is 0.111. The predicted octanol–water partition coefficient (Wildman–Crippen LogP) is 3.37. The van der Waals surface area contributed by atoms with Crippen molar-refractivity contribution >= 4 is 21.6 Å². The van der Waals surface area contributed by atoms with E-state index in [0.29, 0.717) is 11.4 Å². The molecule has 0 aliphatic carbocycles. The summed E-state index contributed by atoms with van der Waals surface area (Å²) in [5.74, 6) is -0.408. The number of nitrogens with one attached hydrogen (secondary N) is 2. The zero-order chi connectivity index (χ0) is 23.1. The first-order valence-electron chi connectivity index (χ1n) is 9.67. The number of hydrogen-bond donors (Lipinski definition) is 2. The van der Waals surface area contributed by atoms with Gasteiger partial charge in [0.1, 0.15) is 11.9 Å². The summed E-state index contributed by atoms with van der Waals surface area (Å²) >= 11 is 0. The van der Waals surface area contributed by atoms with Crippen LogP contribution in [0.5, 0.6) is 11.5 Å². The fourth-order valence-corrected chi connectivity index (χ4v) is 4.25. The molecule has 2 N–H and O–H groups in total. The monoisotopic (exact) mass is 458 g/mol. The summed E-state index contributed by atoms with van der Waals surface area (Å²) in [4.78, 5) is 12.9. The molecular formula is C23H23FN2O5S. The van der Waals surface area contributed by atoms with Gasteiger partial charge in [0.2, 0.25) is 15.9 Å². The van der Waals surface area contributed by atoms with E-state index in [0.717, 1.165) is 5.56 Å². The number of carbonyl (C=O) groups is 1. The molecule has 0 radical (unpaired) electrons. The lowest BCUT2D eigenvalue weighted by Crippen LogP contribution is -2.45. The van der Waals surface area contributed by atoms with Crippen LogP contribution in [0.2, 0.25) is 0 Å². The minimum atomic E-state index is -4.09. The Balaban J connectivity index is 1.88. The van der Waals surface area contributed by atoms with Crippen LogP contribution in [0.25, 0.3) is 0 Å². The van der Waals surface area contributed by atoms with Gasteiger partial charge in [-0.15, -0.1) is 0 Å². The Hall–Kier alpha value is -3.43. The number of rotatable bonds is 9. The molecule has 0 aliphatic heterocycles. The largest absolute Gasteiger partial charge is 0.493 e. The number of halogens is 1. The highest BCUT2D eigenvalue weighted by molar-refractivity contribution is 7.89. The van der Waals surface area contributed by atoms with Crippen LogP contribution in [-0.2, 0) is 21.2 Å². The predicted molar refractivity (Wildman–Crippen MR) is 119 cm³/mol. The Morgan fingerprint density at radius 2 is 1.59 bits per heavy atom. The molecule has 0 aliphatic rings. The summed E-state index contributed by atoms with van der Waals surface area (Å²) < 4.78 is 52.1. The van der Waals surface area contributed by atoms with E-state index in [-0.39, 0.29) is 17.1 Å². The van der Waals surface area contributed by atoms with Gasteiger partial charge in [-0.2, -0.15) is 4.72 Å². The second-order valence-electron chi connectivity index (χ2n) is 6.88. The first-order valence-corrected chi connectivity index (χ1v) is 11.2. The van der Waals surface area contributed by atoms with E-state index in [1.165, 1.54) is 56.7 Å². The maximum Gasteiger partial charge on any atom is 0.242 e. The maximum atomic E-state index is 13.2. The number of benzene rings is 3. The smallest absolute Gasteiger partial charge is 0.242 e. The summed E-state index contributed by atoms with van der Waals surface area (Å²) in [5.41, 5.74) is 1.11. The average Bonchev–Trinajstić information content (AvgIpc) is 2.80. The van der Waals surface area contributed by atoms with Gasteiger partial charge in [-0.1, -0.05) is 30.3 Å². The molecule has 0 heterocycles. The standard InChI is InChI=1S/C23H23FN2O5S/c1-30-21-13-12-19(15-22(21)31-2)32(28,29)26-20(14-16-6-4-3-5-7-16)23(27)25-18-10-8-17(24)9-11-18/h3-13,15,20,26H,14H2,1-2H3,(H,25,27)/t20-/m0/s1. The molecule has 0 spiro atoms. The molecule has 3 rings (SSSR count). The Kier molecular flexibility index (Phi) is 7.45. The molecule has 0 bridgehead atoms. The third-order valence-corrected chi connectivity index (χ3v) is 6.14. The van der Waals surface area contributed by atoms with E-state index in [9.17, 15) is 17.6 Å². The molecule has 0 unspecified atom stereocenters. The van der Waals surface area contributed by atoms with Gasteiger partial charge in [0.15, 0.2) is 11.5 Å². The van der Waals surface area contributed by atoms with Gasteiger partial charge >= 0.3 is 0 Å². The fraction of sp³-hybridized carbons (Fsp3) is 0.174. The Bertz CT molecular complexity index is 1170. The lowest BCUT2D eigenvalue weighted by molar-refractivity contribution is -0.117. The Labute approximate surface area is 186 Å². The number of sulfonamides is 1.